The van der Waals surface area contributed by atoms with Gasteiger partial charge >= 0.3 is 0 Å². The second kappa shape index (κ2) is 8.47. The number of carbonyl (C=O) groups is 1. The van der Waals surface area contributed by atoms with Gasteiger partial charge in [0, 0.05) is 6.54 Å². The van der Waals surface area contributed by atoms with E-state index in [1.54, 1.807) is 20.8 Å². The Morgan fingerprint density at radius 3 is 2.15 bits per heavy atom. The molecule has 2 aromatic carbocycles. The summed E-state index contributed by atoms with van der Waals surface area (Å²) in [6, 6.07) is 12.2. The lowest BCUT2D eigenvalue weighted by molar-refractivity contribution is -0.122. The van der Waals surface area contributed by atoms with Gasteiger partial charge in [-0.1, -0.05) is 48.0 Å². The Kier molecular flexibility index (Phi) is 6.56. The molecule has 2 N–H and O–H groups in total. The summed E-state index contributed by atoms with van der Waals surface area (Å²) in [7, 11) is -3.83. The summed E-state index contributed by atoms with van der Waals surface area (Å²) in [4.78, 5) is 12.7. The number of benzene rings is 2. The molecule has 0 spiro atoms. The molecule has 2 aromatic rings. The Labute approximate surface area is 155 Å². The van der Waals surface area contributed by atoms with Crippen molar-refractivity contribution < 1.29 is 13.2 Å². The van der Waals surface area contributed by atoms with E-state index < -0.39 is 16.1 Å². The molecule has 0 fully saturated rings. The van der Waals surface area contributed by atoms with E-state index in [0.29, 0.717) is 17.7 Å². The minimum absolute atomic E-state index is 0.241. The van der Waals surface area contributed by atoms with E-state index in [-0.39, 0.29) is 17.2 Å². The first-order valence-electron chi connectivity index (χ1n) is 8.66. The topological polar surface area (TPSA) is 75.3 Å². The van der Waals surface area contributed by atoms with Crippen LogP contribution in [0.4, 0.5) is 0 Å². The highest BCUT2D eigenvalue weighted by Gasteiger charge is 2.28. The zero-order valence-electron chi connectivity index (χ0n) is 15.7. The van der Waals surface area contributed by atoms with Crippen LogP contribution < -0.4 is 10.0 Å². The van der Waals surface area contributed by atoms with Crippen molar-refractivity contribution in [3.63, 3.8) is 0 Å². The second-order valence-corrected chi connectivity index (χ2v) is 8.14. The van der Waals surface area contributed by atoms with Crippen LogP contribution in [-0.4, -0.2) is 26.9 Å². The zero-order chi connectivity index (χ0) is 19.3. The summed E-state index contributed by atoms with van der Waals surface area (Å²) in [6.45, 7) is 7.71. The Morgan fingerprint density at radius 2 is 1.62 bits per heavy atom. The highest BCUT2D eigenvalue weighted by atomic mass is 32.2. The SMILES string of the molecule is CCNC(=O)[C@H](Cc1ccccc1)NS(=O)(=O)c1c(C)cc(C)cc1C. The number of hydrogen-bond acceptors (Lipinski definition) is 3. The Hall–Kier alpha value is -2.18. The molecule has 0 saturated heterocycles. The van der Waals surface area contributed by atoms with E-state index in [9.17, 15) is 13.2 Å². The molecule has 1 amide bonds. The number of amides is 1. The third-order valence-electron chi connectivity index (χ3n) is 4.12. The molecule has 5 nitrogen and oxygen atoms in total. The number of rotatable bonds is 7. The largest absolute Gasteiger partial charge is 0.355 e. The monoisotopic (exact) mass is 374 g/mol. The lowest BCUT2D eigenvalue weighted by atomic mass is 10.1. The van der Waals surface area contributed by atoms with Crippen molar-refractivity contribution in [2.45, 2.75) is 45.1 Å². The van der Waals surface area contributed by atoms with Gasteiger partial charge in [0.2, 0.25) is 15.9 Å². The van der Waals surface area contributed by atoms with Gasteiger partial charge in [-0.05, 0) is 50.8 Å². The molecule has 1 atom stereocenters. The number of nitrogens with one attached hydrogen (secondary N) is 2. The fourth-order valence-electron chi connectivity index (χ4n) is 3.17. The second-order valence-electron chi connectivity index (χ2n) is 6.49. The predicted octanol–water partition coefficient (Wildman–Crippen LogP) is 2.64. The van der Waals surface area contributed by atoms with E-state index in [4.69, 9.17) is 0 Å². The van der Waals surface area contributed by atoms with Crippen molar-refractivity contribution >= 4 is 15.9 Å². The molecule has 6 heteroatoms. The summed E-state index contributed by atoms with van der Waals surface area (Å²) in [5.74, 6) is -0.331. The molecule has 0 aromatic heterocycles. The van der Waals surface area contributed by atoms with Crippen molar-refractivity contribution in [2.75, 3.05) is 6.54 Å². The number of sulfonamides is 1. The molecule has 0 aliphatic heterocycles. The van der Waals surface area contributed by atoms with Crippen LogP contribution in [0.3, 0.4) is 0 Å². The van der Waals surface area contributed by atoms with Crippen LogP contribution in [0.25, 0.3) is 0 Å². The maximum atomic E-state index is 13.0. The van der Waals surface area contributed by atoms with Gasteiger partial charge in [0.1, 0.15) is 6.04 Å². The smallest absolute Gasteiger partial charge is 0.241 e. The zero-order valence-corrected chi connectivity index (χ0v) is 16.5. The standard InChI is InChI=1S/C20H26N2O3S/c1-5-21-20(23)18(13-17-9-7-6-8-10-17)22-26(24,25)19-15(3)11-14(2)12-16(19)4/h6-12,18,22H,5,13H2,1-4H3,(H,21,23)/t18-/m0/s1. The van der Waals surface area contributed by atoms with Gasteiger partial charge in [-0.25, -0.2) is 8.42 Å². The van der Waals surface area contributed by atoms with Crippen molar-refractivity contribution in [2.24, 2.45) is 0 Å². The van der Waals surface area contributed by atoms with E-state index >= 15 is 0 Å². The molecule has 0 heterocycles. The predicted molar refractivity (Wildman–Crippen MR) is 104 cm³/mol. The lowest BCUT2D eigenvalue weighted by Gasteiger charge is -2.20. The van der Waals surface area contributed by atoms with Gasteiger partial charge in [0.25, 0.3) is 0 Å². The van der Waals surface area contributed by atoms with Gasteiger partial charge in [-0.2, -0.15) is 4.72 Å². The minimum Gasteiger partial charge on any atom is -0.355 e. The first-order valence-corrected chi connectivity index (χ1v) is 10.1. The fraction of sp³-hybridized carbons (Fsp3) is 0.350. The molecule has 0 bridgehead atoms. The van der Waals surface area contributed by atoms with Crippen molar-refractivity contribution in [1.82, 2.24) is 10.0 Å². The molecule has 26 heavy (non-hydrogen) atoms. The van der Waals surface area contributed by atoms with E-state index in [0.717, 1.165) is 11.1 Å². The number of aryl methyl sites for hydroxylation is 3. The number of likely N-dealkylation sites (N-methyl/N-ethyl adjacent to an activating group) is 1. The average Bonchev–Trinajstić information content (AvgIpc) is 2.54. The van der Waals surface area contributed by atoms with Crippen molar-refractivity contribution in [1.29, 1.82) is 0 Å². The van der Waals surface area contributed by atoms with Crippen molar-refractivity contribution in [3.8, 4) is 0 Å². The van der Waals surface area contributed by atoms with E-state index in [1.807, 2.05) is 49.4 Å². The lowest BCUT2D eigenvalue weighted by Crippen LogP contribution is -2.48. The molecule has 0 aliphatic carbocycles. The molecule has 0 radical (unpaired) electrons. The highest BCUT2D eigenvalue weighted by molar-refractivity contribution is 7.89. The number of carbonyl (C=O) groups excluding carboxylic acids is 1. The van der Waals surface area contributed by atoms with Gasteiger partial charge in [-0.3, -0.25) is 4.79 Å². The molecule has 140 valence electrons. The molecule has 0 aliphatic rings. The first kappa shape index (κ1) is 20.1. The Balaban J connectivity index is 2.36. The van der Waals surface area contributed by atoms with Crippen LogP contribution in [0, 0.1) is 20.8 Å². The van der Waals surface area contributed by atoms with Gasteiger partial charge in [0.15, 0.2) is 0 Å². The maximum Gasteiger partial charge on any atom is 0.241 e. The minimum atomic E-state index is -3.83. The highest BCUT2D eigenvalue weighted by Crippen LogP contribution is 2.22. The van der Waals surface area contributed by atoms with Crippen molar-refractivity contribution in [3.05, 3.63) is 64.7 Å². The summed E-state index contributed by atoms with van der Waals surface area (Å²) < 4.78 is 28.6. The van der Waals surface area contributed by atoms with Crippen LogP contribution >= 0.6 is 0 Å². The summed E-state index contributed by atoms with van der Waals surface area (Å²) in [5, 5.41) is 2.71. The summed E-state index contributed by atoms with van der Waals surface area (Å²) in [6.07, 6.45) is 0.288. The average molecular weight is 375 g/mol. The van der Waals surface area contributed by atoms with E-state index in [2.05, 4.69) is 10.0 Å². The van der Waals surface area contributed by atoms with Crippen LogP contribution in [0.15, 0.2) is 47.4 Å². The van der Waals surface area contributed by atoms with E-state index in [1.165, 1.54) is 0 Å². The maximum absolute atomic E-state index is 13.0. The Morgan fingerprint density at radius 1 is 1.04 bits per heavy atom. The normalized spacial score (nSPS) is 12.6. The van der Waals surface area contributed by atoms with Gasteiger partial charge in [-0.15, -0.1) is 0 Å². The molecular weight excluding hydrogens is 348 g/mol. The number of hydrogen-bond donors (Lipinski definition) is 2. The quantitative estimate of drug-likeness (QED) is 0.782. The van der Waals surface area contributed by atoms with Crippen LogP contribution in [-0.2, 0) is 21.2 Å². The third kappa shape index (κ3) is 4.93. The summed E-state index contributed by atoms with van der Waals surface area (Å²) in [5.41, 5.74) is 3.24. The van der Waals surface area contributed by atoms with Crippen LogP contribution in [0.5, 0.6) is 0 Å². The molecule has 0 saturated carbocycles. The van der Waals surface area contributed by atoms with Crippen LogP contribution in [0.1, 0.15) is 29.2 Å². The third-order valence-corrected chi connectivity index (χ3v) is 5.90. The molecular formula is C20H26N2O3S. The van der Waals surface area contributed by atoms with Gasteiger partial charge < -0.3 is 5.32 Å². The molecule has 0 unspecified atom stereocenters. The Bertz CT molecular complexity index is 854. The fourth-order valence-corrected chi connectivity index (χ4v) is 4.82. The first-order chi connectivity index (χ1) is 12.2. The van der Waals surface area contributed by atoms with Crippen LogP contribution in [0.2, 0.25) is 0 Å². The molecule has 2 rings (SSSR count). The van der Waals surface area contributed by atoms with Gasteiger partial charge in [0.05, 0.1) is 4.90 Å². The summed E-state index contributed by atoms with van der Waals surface area (Å²) >= 11 is 0.